The third kappa shape index (κ3) is 3.40. The Hall–Kier alpha value is -2.14. The van der Waals surface area contributed by atoms with E-state index >= 15 is 0 Å². The molecule has 1 aromatic heterocycles. The summed E-state index contributed by atoms with van der Waals surface area (Å²) in [6.07, 6.45) is 4.60. The second-order valence-electron chi connectivity index (χ2n) is 7.52. The second kappa shape index (κ2) is 7.62. The quantitative estimate of drug-likeness (QED) is 0.867. The summed E-state index contributed by atoms with van der Waals surface area (Å²) < 4.78 is 0. The Labute approximate surface area is 156 Å². The fourth-order valence-corrected chi connectivity index (χ4v) is 4.47. The minimum Gasteiger partial charge on any atom is -0.368 e. The van der Waals surface area contributed by atoms with Crippen molar-refractivity contribution in [1.82, 2.24) is 15.3 Å². The van der Waals surface area contributed by atoms with E-state index in [1.165, 1.54) is 24.0 Å². The average molecular weight is 351 g/mol. The van der Waals surface area contributed by atoms with Gasteiger partial charge in [-0.25, -0.2) is 4.98 Å². The van der Waals surface area contributed by atoms with Gasteiger partial charge in [-0.3, -0.25) is 0 Å². The monoisotopic (exact) mass is 351 g/mol. The van der Waals surface area contributed by atoms with E-state index in [1.807, 2.05) is 0 Å². The van der Waals surface area contributed by atoms with Crippen molar-refractivity contribution in [2.24, 2.45) is 5.92 Å². The number of hydrogen-bond acceptors (Lipinski definition) is 5. The SMILES string of the molecule is CCN(CC1CCNC1)c1nc(N)nc2c1CCCC2c1ccccc1. The molecule has 138 valence electrons. The first-order chi connectivity index (χ1) is 12.8. The van der Waals surface area contributed by atoms with E-state index < -0.39 is 0 Å². The first-order valence-corrected chi connectivity index (χ1v) is 9.93. The largest absolute Gasteiger partial charge is 0.368 e. The zero-order valence-electron chi connectivity index (χ0n) is 15.6. The maximum absolute atomic E-state index is 6.16. The minimum atomic E-state index is 0.329. The molecule has 4 rings (SSSR count). The first kappa shape index (κ1) is 17.3. The third-order valence-electron chi connectivity index (χ3n) is 5.81. The molecular formula is C21H29N5. The van der Waals surface area contributed by atoms with Gasteiger partial charge in [0.2, 0.25) is 5.95 Å². The highest BCUT2D eigenvalue weighted by Crippen LogP contribution is 2.39. The molecule has 26 heavy (non-hydrogen) atoms. The summed E-state index contributed by atoms with van der Waals surface area (Å²) in [7, 11) is 0. The fourth-order valence-electron chi connectivity index (χ4n) is 4.47. The van der Waals surface area contributed by atoms with E-state index in [0.717, 1.165) is 50.5 Å². The Morgan fingerprint density at radius 1 is 1.19 bits per heavy atom. The van der Waals surface area contributed by atoms with E-state index in [9.17, 15) is 0 Å². The van der Waals surface area contributed by atoms with Crippen LogP contribution in [0, 0.1) is 5.92 Å². The molecule has 1 saturated heterocycles. The van der Waals surface area contributed by atoms with Crippen molar-refractivity contribution in [3.05, 3.63) is 47.2 Å². The van der Waals surface area contributed by atoms with Crippen molar-refractivity contribution in [3.63, 3.8) is 0 Å². The van der Waals surface area contributed by atoms with Crippen molar-refractivity contribution >= 4 is 11.8 Å². The van der Waals surface area contributed by atoms with Crippen molar-refractivity contribution in [1.29, 1.82) is 0 Å². The molecule has 0 amide bonds. The highest BCUT2D eigenvalue weighted by Gasteiger charge is 2.29. The summed E-state index contributed by atoms with van der Waals surface area (Å²) in [5.41, 5.74) is 9.95. The zero-order chi connectivity index (χ0) is 17.9. The molecule has 5 nitrogen and oxygen atoms in total. The van der Waals surface area contributed by atoms with Crippen LogP contribution in [0.25, 0.3) is 0 Å². The smallest absolute Gasteiger partial charge is 0.222 e. The molecule has 2 aromatic rings. The topological polar surface area (TPSA) is 67.1 Å². The third-order valence-corrected chi connectivity index (χ3v) is 5.81. The Bertz CT molecular complexity index is 740. The Balaban J connectivity index is 1.71. The fraction of sp³-hybridized carbons (Fsp3) is 0.524. The molecular weight excluding hydrogens is 322 g/mol. The van der Waals surface area contributed by atoms with Crippen molar-refractivity contribution < 1.29 is 0 Å². The lowest BCUT2D eigenvalue weighted by molar-refractivity contribution is 0.552. The van der Waals surface area contributed by atoms with Crippen LogP contribution >= 0.6 is 0 Å². The van der Waals surface area contributed by atoms with Crippen LogP contribution in [0.1, 0.15) is 48.9 Å². The summed E-state index contributed by atoms with van der Waals surface area (Å²) in [6.45, 7) is 6.44. The number of rotatable bonds is 5. The number of aromatic nitrogens is 2. The molecule has 2 aliphatic rings. The number of hydrogen-bond donors (Lipinski definition) is 2. The van der Waals surface area contributed by atoms with Gasteiger partial charge in [-0.1, -0.05) is 30.3 Å². The second-order valence-corrected chi connectivity index (χ2v) is 7.52. The number of nitrogens with zero attached hydrogens (tertiary/aromatic N) is 3. The standard InChI is InChI=1S/C21H29N5/c1-2-26(14-15-11-12-23-13-15)20-18-10-6-9-17(16-7-4-3-5-8-16)19(18)24-21(22)25-20/h3-5,7-8,15,17,23H,2,6,9-14H2,1H3,(H2,22,24,25). The number of anilines is 2. The molecule has 2 unspecified atom stereocenters. The van der Waals surface area contributed by atoms with E-state index in [1.54, 1.807) is 0 Å². The number of nitrogen functional groups attached to an aromatic ring is 1. The van der Waals surface area contributed by atoms with Gasteiger partial charge in [-0.2, -0.15) is 4.98 Å². The summed E-state index contributed by atoms with van der Waals surface area (Å²) in [6, 6.07) is 10.7. The molecule has 1 fully saturated rings. The molecule has 2 atom stereocenters. The maximum atomic E-state index is 6.16. The van der Waals surface area contributed by atoms with Crippen LogP contribution in [-0.2, 0) is 6.42 Å². The van der Waals surface area contributed by atoms with E-state index in [0.29, 0.717) is 17.8 Å². The number of benzene rings is 1. The van der Waals surface area contributed by atoms with E-state index in [4.69, 9.17) is 15.7 Å². The van der Waals surface area contributed by atoms with Gasteiger partial charge in [0.1, 0.15) is 5.82 Å². The highest BCUT2D eigenvalue weighted by molar-refractivity contribution is 5.55. The number of nitrogens with two attached hydrogens (primary N) is 1. The molecule has 1 aromatic carbocycles. The Kier molecular flexibility index (Phi) is 5.07. The van der Waals surface area contributed by atoms with Crippen molar-refractivity contribution in [3.8, 4) is 0 Å². The molecule has 5 heteroatoms. The average Bonchev–Trinajstić information content (AvgIpc) is 3.19. The number of nitrogens with one attached hydrogen (secondary N) is 1. The van der Waals surface area contributed by atoms with Crippen LogP contribution < -0.4 is 16.0 Å². The van der Waals surface area contributed by atoms with Gasteiger partial charge < -0.3 is 16.0 Å². The van der Waals surface area contributed by atoms with Crippen LogP contribution in [0.4, 0.5) is 11.8 Å². The van der Waals surface area contributed by atoms with Crippen LogP contribution in [0.15, 0.2) is 30.3 Å². The normalized spacial score (nSPS) is 22.2. The first-order valence-electron chi connectivity index (χ1n) is 9.93. The van der Waals surface area contributed by atoms with Gasteiger partial charge in [-0.05, 0) is 57.2 Å². The van der Waals surface area contributed by atoms with E-state index in [2.05, 4.69) is 47.5 Å². The summed E-state index contributed by atoms with van der Waals surface area (Å²) in [4.78, 5) is 11.8. The molecule has 1 aliphatic heterocycles. The molecule has 0 radical (unpaired) electrons. The van der Waals surface area contributed by atoms with Crippen LogP contribution in [0.2, 0.25) is 0 Å². The maximum Gasteiger partial charge on any atom is 0.222 e. The predicted octanol–water partition coefficient (Wildman–Crippen LogP) is 2.96. The molecule has 1 aliphatic carbocycles. The molecule has 2 heterocycles. The summed E-state index contributed by atoms with van der Waals surface area (Å²) >= 11 is 0. The van der Waals surface area contributed by atoms with Crippen LogP contribution in [0.3, 0.4) is 0 Å². The van der Waals surface area contributed by atoms with Crippen molar-refractivity contribution in [2.75, 3.05) is 36.8 Å². The molecule has 0 bridgehead atoms. The van der Waals surface area contributed by atoms with Gasteiger partial charge >= 0.3 is 0 Å². The zero-order valence-corrected chi connectivity index (χ0v) is 15.6. The Morgan fingerprint density at radius 2 is 2.04 bits per heavy atom. The van der Waals surface area contributed by atoms with E-state index in [-0.39, 0.29) is 0 Å². The molecule has 0 saturated carbocycles. The minimum absolute atomic E-state index is 0.329. The lowest BCUT2D eigenvalue weighted by Gasteiger charge is -2.32. The lowest BCUT2D eigenvalue weighted by atomic mass is 9.82. The number of fused-ring (bicyclic) bond motifs is 1. The summed E-state index contributed by atoms with van der Waals surface area (Å²) in [5, 5.41) is 3.47. The Morgan fingerprint density at radius 3 is 2.77 bits per heavy atom. The van der Waals surface area contributed by atoms with Gasteiger partial charge in [-0.15, -0.1) is 0 Å². The lowest BCUT2D eigenvalue weighted by Crippen LogP contribution is -2.33. The predicted molar refractivity (Wildman–Crippen MR) is 107 cm³/mol. The van der Waals surface area contributed by atoms with Crippen LogP contribution in [0.5, 0.6) is 0 Å². The van der Waals surface area contributed by atoms with Gasteiger partial charge in [0.05, 0.1) is 5.69 Å². The molecule has 3 N–H and O–H groups in total. The van der Waals surface area contributed by atoms with Gasteiger partial charge in [0.15, 0.2) is 0 Å². The van der Waals surface area contributed by atoms with Gasteiger partial charge in [0.25, 0.3) is 0 Å². The highest BCUT2D eigenvalue weighted by atomic mass is 15.2. The van der Waals surface area contributed by atoms with Crippen molar-refractivity contribution in [2.45, 2.75) is 38.5 Å². The van der Waals surface area contributed by atoms with Gasteiger partial charge in [0, 0.05) is 24.6 Å². The summed E-state index contributed by atoms with van der Waals surface area (Å²) in [5.74, 6) is 2.50. The van der Waals surface area contributed by atoms with Crippen LogP contribution in [-0.4, -0.2) is 36.1 Å². The molecule has 0 spiro atoms.